The fourth-order valence-corrected chi connectivity index (χ4v) is 2.97. The lowest BCUT2D eigenvalue weighted by Crippen LogP contribution is -2.42. The largest absolute Gasteiger partial charge is 0.465 e. The van der Waals surface area contributed by atoms with Gasteiger partial charge in [0, 0.05) is 19.0 Å². The number of nitrogens with zero attached hydrogens (tertiary/aromatic N) is 1. The number of aliphatic hydroxyl groups excluding tert-OH is 1. The van der Waals surface area contributed by atoms with Crippen LogP contribution in [0.2, 0.25) is 0 Å². The van der Waals surface area contributed by atoms with E-state index in [1.165, 1.54) is 12.1 Å². The van der Waals surface area contributed by atoms with Crippen molar-refractivity contribution in [2.24, 2.45) is 0 Å². The van der Waals surface area contributed by atoms with Crippen LogP contribution in [0.25, 0.3) is 6.08 Å². The fraction of sp³-hybridized carbons (Fsp3) is 0.333. The molecular weight excluding hydrogens is 281 g/mol. The van der Waals surface area contributed by atoms with Crippen LogP contribution in [0.3, 0.4) is 0 Å². The minimum absolute atomic E-state index is 0.0888. The van der Waals surface area contributed by atoms with E-state index in [1.807, 2.05) is 24.3 Å². The Morgan fingerprint density at radius 1 is 1.27 bits per heavy atom. The van der Waals surface area contributed by atoms with Crippen LogP contribution >= 0.6 is 0 Å². The van der Waals surface area contributed by atoms with Crippen LogP contribution in [0.5, 0.6) is 0 Å². The average Bonchev–Trinajstić information content (AvgIpc) is 3.02. The van der Waals surface area contributed by atoms with E-state index in [4.69, 9.17) is 4.42 Å². The van der Waals surface area contributed by atoms with Crippen molar-refractivity contribution < 1.29 is 13.9 Å². The smallest absolute Gasteiger partial charge is 0.126 e. The molecule has 1 fully saturated rings. The van der Waals surface area contributed by atoms with Crippen molar-refractivity contribution in [3.63, 3.8) is 0 Å². The molecule has 116 valence electrons. The summed E-state index contributed by atoms with van der Waals surface area (Å²) < 4.78 is 18.2. The lowest BCUT2D eigenvalue weighted by Gasteiger charge is -2.35. The van der Waals surface area contributed by atoms with Crippen molar-refractivity contribution in [1.29, 1.82) is 0 Å². The second-order valence-corrected chi connectivity index (χ2v) is 5.69. The molecule has 1 aliphatic heterocycles. The maximum Gasteiger partial charge on any atom is 0.126 e. The van der Waals surface area contributed by atoms with Crippen LogP contribution in [0.1, 0.15) is 23.7 Å². The van der Waals surface area contributed by atoms with Crippen molar-refractivity contribution in [1.82, 2.24) is 4.90 Å². The summed E-state index contributed by atoms with van der Waals surface area (Å²) in [5.74, 6) is 0.686. The lowest BCUT2D eigenvalue weighted by molar-refractivity contribution is 0.0570. The Morgan fingerprint density at radius 2 is 2.09 bits per heavy atom. The van der Waals surface area contributed by atoms with E-state index in [9.17, 15) is 9.50 Å². The summed E-state index contributed by atoms with van der Waals surface area (Å²) in [6.45, 7) is 2.33. The number of halogens is 1. The number of β-amino-alcohol motifs (C(OH)–C–C–N with tert-alkyl or cyclic N) is 1. The van der Waals surface area contributed by atoms with Crippen molar-refractivity contribution in [3.8, 4) is 0 Å². The molecule has 2 aromatic rings. The number of piperidine rings is 1. The molecule has 2 heterocycles. The Kier molecular flexibility index (Phi) is 4.71. The topological polar surface area (TPSA) is 36.6 Å². The van der Waals surface area contributed by atoms with Gasteiger partial charge in [0.25, 0.3) is 0 Å². The van der Waals surface area contributed by atoms with E-state index in [-0.39, 0.29) is 11.7 Å². The molecule has 22 heavy (non-hydrogen) atoms. The minimum Gasteiger partial charge on any atom is -0.465 e. The molecule has 0 bridgehead atoms. The van der Waals surface area contributed by atoms with Crippen LogP contribution in [-0.2, 0) is 0 Å². The summed E-state index contributed by atoms with van der Waals surface area (Å²) in [5.41, 5.74) is 1.01. The normalized spacial score (nSPS) is 23.2. The van der Waals surface area contributed by atoms with Crippen molar-refractivity contribution >= 4 is 6.08 Å². The Balaban J connectivity index is 1.54. The van der Waals surface area contributed by atoms with E-state index in [1.54, 1.807) is 18.4 Å². The summed E-state index contributed by atoms with van der Waals surface area (Å²) in [6.07, 6.45) is 6.09. The molecule has 1 N–H and O–H groups in total. The molecule has 1 aromatic heterocycles. The fourth-order valence-electron chi connectivity index (χ4n) is 2.97. The molecule has 0 unspecified atom stereocenters. The van der Waals surface area contributed by atoms with Gasteiger partial charge in [-0.1, -0.05) is 18.2 Å². The summed E-state index contributed by atoms with van der Waals surface area (Å²) in [4.78, 5) is 2.21. The van der Waals surface area contributed by atoms with Gasteiger partial charge in [-0.3, -0.25) is 4.90 Å². The minimum atomic E-state index is -0.420. The van der Waals surface area contributed by atoms with Gasteiger partial charge < -0.3 is 9.52 Å². The van der Waals surface area contributed by atoms with E-state index in [0.717, 1.165) is 30.8 Å². The number of benzene rings is 1. The second-order valence-electron chi connectivity index (χ2n) is 5.69. The number of hydrogen-bond acceptors (Lipinski definition) is 3. The zero-order chi connectivity index (χ0) is 15.4. The molecule has 4 heteroatoms. The average molecular weight is 301 g/mol. The first-order valence-electron chi connectivity index (χ1n) is 7.58. The van der Waals surface area contributed by atoms with Gasteiger partial charge in [0.15, 0.2) is 0 Å². The Hall–Kier alpha value is -1.91. The third-order valence-corrected chi connectivity index (χ3v) is 4.15. The zero-order valence-electron chi connectivity index (χ0n) is 12.4. The zero-order valence-corrected chi connectivity index (χ0v) is 12.4. The third-order valence-electron chi connectivity index (χ3n) is 4.15. The summed E-state index contributed by atoms with van der Waals surface area (Å²) in [7, 11) is 0. The van der Waals surface area contributed by atoms with Gasteiger partial charge in [0.1, 0.15) is 11.6 Å². The van der Waals surface area contributed by atoms with Crippen LogP contribution < -0.4 is 0 Å². The number of aliphatic hydroxyl groups is 1. The highest BCUT2D eigenvalue weighted by molar-refractivity contribution is 5.42. The molecule has 0 spiro atoms. The highest BCUT2D eigenvalue weighted by Gasteiger charge is 2.28. The molecule has 3 nitrogen and oxygen atoms in total. The Morgan fingerprint density at radius 3 is 2.77 bits per heavy atom. The van der Waals surface area contributed by atoms with Gasteiger partial charge in [-0.25, -0.2) is 4.39 Å². The number of likely N-dealkylation sites (tertiary alicyclic amines) is 1. The van der Waals surface area contributed by atoms with Gasteiger partial charge in [0.2, 0.25) is 0 Å². The first-order valence-corrected chi connectivity index (χ1v) is 7.58. The molecule has 0 amide bonds. The standard InChI is InChI=1S/C18H20FNO2/c19-15-7-5-14(6-8-15)17-9-11-20(13-18(17)21)10-1-3-16-4-2-12-22-16/h1-8,12,17-18,21H,9-11,13H2/b3-1+/t17-,18+/m0/s1. The van der Waals surface area contributed by atoms with Gasteiger partial charge in [0.05, 0.1) is 12.4 Å². The summed E-state index contributed by atoms with van der Waals surface area (Å²) >= 11 is 0. The van der Waals surface area contributed by atoms with Gasteiger partial charge in [-0.05, 0) is 48.9 Å². The van der Waals surface area contributed by atoms with Crippen LogP contribution in [0.4, 0.5) is 4.39 Å². The number of furan rings is 1. The molecular formula is C18H20FNO2. The molecule has 1 aromatic carbocycles. The van der Waals surface area contributed by atoms with Gasteiger partial charge >= 0.3 is 0 Å². The van der Waals surface area contributed by atoms with Crippen LogP contribution in [-0.4, -0.2) is 35.7 Å². The Labute approximate surface area is 129 Å². The monoisotopic (exact) mass is 301 g/mol. The third kappa shape index (κ3) is 3.64. The first kappa shape index (κ1) is 15.0. The molecule has 0 aliphatic carbocycles. The van der Waals surface area contributed by atoms with Crippen LogP contribution in [0.15, 0.2) is 53.2 Å². The highest BCUT2D eigenvalue weighted by atomic mass is 19.1. The van der Waals surface area contributed by atoms with E-state index < -0.39 is 6.10 Å². The number of hydrogen-bond donors (Lipinski definition) is 1. The first-order chi connectivity index (χ1) is 10.7. The SMILES string of the molecule is O[C@@H]1CN(C/C=C/c2ccco2)CC[C@H]1c1ccc(F)cc1. The van der Waals surface area contributed by atoms with E-state index in [2.05, 4.69) is 4.90 Å². The maximum absolute atomic E-state index is 13.0. The van der Waals surface area contributed by atoms with E-state index in [0.29, 0.717) is 6.54 Å². The lowest BCUT2D eigenvalue weighted by atomic mass is 9.87. The molecule has 1 saturated heterocycles. The molecule has 3 rings (SSSR count). The predicted molar refractivity (Wildman–Crippen MR) is 83.9 cm³/mol. The Bertz CT molecular complexity index is 607. The van der Waals surface area contributed by atoms with Crippen LogP contribution in [0, 0.1) is 5.82 Å². The summed E-state index contributed by atoms with van der Waals surface area (Å²) in [5, 5.41) is 10.4. The predicted octanol–water partition coefficient (Wildman–Crippen LogP) is 3.28. The van der Waals surface area contributed by atoms with Crippen molar-refractivity contribution in [3.05, 3.63) is 65.9 Å². The molecule has 0 saturated carbocycles. The molecule has 1 aliphatic rings. The quantitative estimate of drug-likeness (QED) is 0.941. The second kappa shape index (κ2) is 6.90. The van der Waals surface area contributed by atoms with E-state index >= 15 is 0 Å². The van der Waals surface area contributed by atoms with Crippen molar-refractivity contribution in [2.75, 3.05) is 19.6 Å². The van der Waals surface area contributed by atoms with Gasteiger partial charge in [-0.15, -0.1) is 0 Å². The van der Waals surface area contributed by atoms with Gasteiger partial charge in [-0.2, -0.15) is 0 Å². The molecule has 2 atom stereocenters. The maximum atomic E-state index is 13.0. The highest BCUT2D eigenvalue weighted by Crippen LogP contribution is 2.28. The molecule has 0 radical (unpaired) electrons. The van der Waals surface area contributed by atoms with Crippen molar-refractivity contribution in [2.45, 2.75) is 18.4 Å². The summed E-state index contributed by atoms with van der Waals surface area (Å²) in [6, 6.07) is 10.2. The number of rotatable bonds is 4.